The van der Waals surface area contributed by atoms with Crippen LogP contribution in [0.5, 0.6) is 5.75 Å². The van der Waals surface area contributed by atoms with Crippen molar-refractivity contribution in [3.63, 3.8) is 0 Å². The molecule has 140 valence electrons. The number of ether oxygens (including phenoxy) is 1. The molecule has 0 saturated carbocycles. The lowest BCUT2D eigenvalue weighted by molar-refractivity contribution is 0.394. The Bertz CT molecular complexity index is 903. The first-order valence-corrected chi connectivity index (χ1v) is 10.2. The van der Waals surface area contributed by atoms with E-state index in [9.17, 15) is 8.42 Å². The molecule has 1 aliphatic heterocycles. The summed E-state index contributed by atoms with van der Waals surface area (Å²) in [5, 5.41) is 3.55. The van der Waals surface area contributed by atoms with Crippen LogP contribution in [0.3, 0.4) is 0 Å². The molecular formula is C20H26N2O3S. The highest BCUT2D eigenvalue weighted by Crippen LogP contribution is 2.37. The number of hydrogen-bond acceptors (Lipinski definition) is 5. The highest BCUT2D eigenvalue weighted by Gasteiger charge is 2.37. The van der Waals surface area contributed by atoms with Crippen molar-refractivity contribution in [2.75, 3.05) is 31.9 Å². The van der Waals surface area contributed by atoms with Crippen molar-refractivity contribution in [3.05, 3.63) is 53.6 Å². The van der Waals surface area contributed by atoms with Crippen LogP contribution in [0.2, 0.25) is 0 Å². The first-order chi connectivity index (χ1) is 12.1. The van der Waals surface area contributed by atoms with E-state index in [0.29, 0.717) is 4.90 Å². The van der Waals surface area contributed by atoms with Gasteiger partial charge in [0.05, 0.1) is 23.8 Å². The van der Waals surface area contributed by atoms with Gasteiger partial charge in [0, 0.05) is 25.3 Å². The zero-order valence-electron chi connectivity index (χ0n) is 15.9. The van der Waals surface area contributed by atoms with E-state index in [4.69, 9.17) is 4.74 Å². The Hall–Kier alpha value is -2.05. The minimum atomic E-state index is -3.39. The summed E-state index contributed by atoms with van der Waals surface area (Å²) in [5.74, 6) is 0.831. The van der Waals surface area contributed by atoms with Crippen LogP contribution < -0.4 is 15.0 Å². The molecule has 1 heterocycles. The van der Waals surface area contributed by atoms with Crippen LogP contribution in [-0.4, -0.2) is 40.9 Å². The minimum absolute atomic E-state index is 0.0565. The fraction of sp³-hybridized carbons (Fsp3) is 0.400. The van der Waals surface area contributed by atoms with E-state index in [1.807, 2.05) is 69.2 Å². The van der Waals surface area contributed by atoms with Gasteiger partial charge in [-0.05, 0) is 55.3 Å². The quantitative estimate of drug-likeness (QED) is 0.895. The second-order valence-electron chi connectivity index (χ2n) is 7.61. The molecule has 6 heteroatoms. The molecule has 2 aromatic rings. The summed E-state index contributed by atoms with van der Waals surface area (Å²) >= 11 is 0. The van der Waals surface area contributed by atoms with Gasteiger partial charge in [-0.1, -0.05) is 12.1 Å². The van der Waals surface area contributed by atoms with Gasteiger partial charge < -0.3 is 15.0 Å². The van der Waals surface area contributed by atoms with Crippen LogP contribution in [-0.2, 0) is 9.84 Å². The van der Waals surface area contributed by atoms with Crippen LogP contribution in [0.4, 0.5) is 5.69 Å². The van der Waals surface area contributed by atoms with Gasteiger partial charge >= 0.3 is 0 Å². The van der Waals surface area contributed by atoms with Crippen molar-refractivity contribution in [2.24, 2.45) is 0 Å². The Morgan fingerprint density at radius 2 is 1.77 bits per heavy atom. The average molecular weight is 375 g/mol. The number of hydrogen-bond donors (Lipinski definition) is 1. The number of fused-ring (bicyclic) bond motifs is 1. The largest absolute Gasteiger partial charge is 0.497 e. The van der Waals surface area contributed by atoms with Crippen molar-refractivity contribution in [1.29, 1.82) is 0 Å². The number of methoxy groups -OCH3 is 1. The fourth-order valence-corrected chi connectivity index (χ4v) is 5.45. The predicted octanol–water partition coefficient (Wildman–Crippen LogP) is 3.01. The molecule has 1 atom stereocenters. The van der Waals surface area contributed by atoms with E-state index >= 15 is 0 Å². The van der Waals surface area contributed by atoms with Crippen LogP contribution in [0.15, 0.2) is 47.4 Å². The van der Waals surface area contributed by atoms with Crippen molar-refractivity contribution in [3.8, 4) is 5.75 Å². The molecule has 0 bridgehead atoms. The highest BCUT2D eigenvalue weighted by atomic mass is 32.2. The molecule has 0 spiro atoms. The maximum Gasteiger partial charge on any atom is 0.180 e. The normalized spacial score (nSPS) is 20.7. The lowest BCUT2D eigenvalue weighted by Crippen LogP contribution is -2.45. The summed E-state index contributed by atoms with van der Waals surface area (Å²) < 4.78 is 31.2. The molecule has 0 fully saturated rings. The number of nitrogens with one attached hydrogen (secondary N) is 1. The molecule has 0 aromatic heterocycles. The summed E-state index contributed by atoms with van der Waals surface area (Å²) in [6, 6.07) is 13.1. The molecule has 0 radical (unpaired) electrons. The van der Waals surface area contributed by atoms with E-state index in [1.165, 1.54) is 0 Å². The van der Waals surface area contributed by atoms with Crippen LogP contribution >= 0.6 is 0 Å². The SMILES string of the molecule is COc1ccc(C2NC(C)(C)CS(=O)(=O)c3ccc(N(C)C)cc32)cc1. The molecule has 1 aliphatic rings. The van der Waals surface area contributed by atoms with E-state index in [-0.39, 0.29) is 11.8 Å². The van der Waals surface area contributed by atoms with Gasteiger partial charge in [-0.25, -0.2) is 8.42 Å². The second-order valence-corrected chi connectivity index (χ2v) is 9.57. The van der Waals surface area contributed by atoms with Crippen molar-refractivity contribution in [2.45, 2.75) is 30.3 Å². The summed E-state index contributed by atoms with van der Waals surface area (Å²) in [7, 11) is 2.15. The molecule has 5 nitrogen and oxygen atoms in total. The Balaban J connectivity index is 2.22. The lowest BCUT2D eigenvalue weighted by Gasteiger charge is -2.29. The van der Waals surface area contributed by atoms with Crippen LogP contribution in [0, 0.1) is 0 Å². The van der Waals surface area contributed by atoms with Gasteiger partial charge in [-0.2, -0.15) is 0 Å². The molecule has 1 N–H and O–H groups in total. The van der Waals surface area contributed by atoms with Gasteiger partial charge in [0.1, 0.15) is 5.75 Å². The van der Waals surface area contributed by atoms with E-state index < -0.39 is 15.4 Å². The van der Waals surface area contributed by atoms with Crippen molar-refractivity contribution >= 4 is 15.5 Å². The zero-order valence-corrected chi connectivity index (χ0v) is 16.7. The molecular weight excluding hydrogens is 348 g/mol. The molecule has 0 aliphatic carbocycles. The molecule has 0 saturated heterocycles. The van der Waals surface area contributed by atoms with Gasteiger partial charge in [-0.15, -0.1) is 0 Å². The van der Waals surface area contributed by atoms with Crippen LogP contribution in [0.1, 0.15) is 31.0 Å². The number of nitrogens with zero attached hydrogens (tertiary/aromatic N) is 1. The average Bonchev–Trinajstić information content (AvgIpc) is 2.66. The maximum absolute atomic E-state index is 13.0. The van der Waals surface area contributed by atoms with Gasteiger partial charge in [-0.3, -0.25) is 0 Å². The smallest absolute Gasteiger partial charge is 0.180 e. The third-order valence-corrected chi connectivity index (χ3v) is 6.83. The summed E-state index contributed by atoms with van der Waals surface area (Å²) in [4.78, 5) is 2.38. The summed E-state index contributed by atoms with van der Waals surface area (Å²) in [5.41, 5.74) is 2.21. The highest BCUT2D eigenvalue weighted by molar-refractivity contribution is 7.91. The number of benzene rings is 2. The van der Waals surface area contributed by atoms with Gasteiger partial charge in [0.25, 0.3) is 0 Å². The monoisotopic (exact) mass is 374 g/mol. The first-order valence-electron chi connectivity index (χ1n) is 8.59. The predicted molar refractivity (Wildman–Crippen MR) is 105 cm³/mol. The van der Waals surface area contributed by atoms with Crippen LogP contribution in [0.25, 0.3) is 0 Å². The van der Waals surface area contributed by atoms with Crippen molar-refractivity contribution in [1.82, 2.24) is 5.32 Å². The molecule has 0 amide bonds. The van der Waals surface area contributed by atoms with E-state index in [2.05, 4.69) is 5.32 Å². The number of sulfone groups is 1. The maximum atomic E-state index is 13.0. The van der Waals surface area contributed by atoms with E-state index in [1.54, 1.807) is 13.2 Å². The third kappa shape index (κ3) is 3.57. The van der Waals surface area contributed by atoms with E-state index in [0.717, 1.165) is 22.6 Å². The number of rotatable bonds is 3. The number of anilines is 1. The standard InChI is InChI=1S/C20H26N2O3S/c1-20(2)13-26(23,24)18-11-8-15(22(3)4)12-17(18)19(21-20)14-6-9-16(25-5)10-7-14/h6-12,19,21H,13H2,1-5H3. The molecule has 3 rings (SSSR count). The molecule has 2 aromatic carbocycles. The third-order valence-electron chi connectivity index (χ3n) is 4.69. The van der Waals surface area contributed by atoms with Crippen molar-refractivity contribution < 1.29 is 13.2 Å². The Labute approximate surface area is 155 Å². The zero-order chi connectivity index (χ0) is 19.1. The van der Waals surface area contributed by atoms with Gasteiger partial charge in [0.15, 0.2) is 9.84 Å². The topological polar surface area (TPSA) is 58.6 Å². The Morgan fingerprint density at radius 1 is 1.12 bits per heavy atom. The molecule has 26 heavy (non-hydrogen) atoms. The second kappa shape index (κ2) is 6.59. The minimum Gasteiger partial charge on any atom is -0.497 e. The first kappa shape index (κ1) is 18.7. The fourth-order valence-electron chi connectivity index (χ4n) is 3.45. The molecule has 1 unspecified atom stereocenters. The Morgan fingerprint density at radius 3 is 2.35 bits per heavy atom. The summed E-state index contributed by atoms with van der Waals surface area (Å²) in [6.07, 6.45) is 0. The van der Waals surface area contributed by atoms with Gasteiger partial charge in [0.2, 0.25) is 0 Å². The Kier molecular flexibility index (Phi) is 4.75. The lowest BCUT2D eigenvalue weighted by atomic mass is 9.95. The summed E-state index contributed by atoms with van der Waals surface area (Å²) in [6.45, 7) is 3.86.